The van der Waals surface area contributed by atoms with Crippen molar-refractivity contribution in [3.05, 3.63) is 24.0 Å². The van der Waals surface area contributed by atoms with Crippen LogP contribution < -0.4 is 10.1 Å². The van der Waals surface area contributed by atoms with Crippen LogP contribution in [0.25, 0.3) is 0 Å². The fraction of sp³-hybridized carbons (Fsp3) is 0.643. The lowest BCUT2D eigenvalue weighted by Gasteiger charge is -2.27. The smallest absolute Gasteiger partial charge is 0.138 e. The lowest BCUT2D eigenvalue weighted by atomic mass is 9.89. The van der Waals surface area contributed by atoms with E-state index in [1.165, 1.54) is 25.7 Å². The van der Waals surface area contributed by atoms with Crippen molar-refractivity contribution in [3.8, 4) is 5.75 Å². The molecule has 17 heavy (non-hydrogen) atoms. The average molecular weight is 234 g/mol. The first kappa shape index (κ1) is 12.4. The molecule has 1 N–H and O–H groups in total. The van der Waals surface area contributed by atoms with Gasteiger partial charge in [0.05, 0.1) is 18.0 Å². The quantitative estimate of drug-likeness (QED) is 0.870. The first-order chi connectivity index (χ1) is 8.28. The van der Waals surface area contributed by atoms with Crippen LogP contribution in [0, 0.1) is 5.92 Å². The second-order valence-corrected chi connectivity index (χ2v) is 5.03. The minimum Gasteiger partial charge on any atom is -0.489 e. The second-order valence-electron chi connectivity index (χ2n) is 5.03. The Labute approximate surface area is 104 Å². The molecule has 1 heterocycles. The van der Waals surface area contributed by atoms with Gasteiger partial charge in [-0.25, -0.2) is 0 Å². The molecule has 0 spiro atoms. The molecule has 2 rings (SSSR count). The number of hydrogen-bond acceptors (Lipinski definition) is 3. The Morgan fingerprint density at radius 3 is 2.94 bits per heavy atom. The Morgan fingerprint density at radius 1 is 1.41 bits per heavy atom. The van der Waals surface area contributed by atoms with Gasteiger partial charge < -0.3 is 10.1 Å². The first-order valence-electron chi connectivity index (χ1n) is 6.54. The van der Waals surface area contributed by atoms with E-state index in [4.69, 9.17) is 4.74 Å². The molecule has 1 fully saturated rings. The van der Waals surface area contributed by atoms with Crippen LogP contribution in [0.4, 0.5) is 0 Å². The Bertz CT molecular complexity index is 337. The van der Waals surface area contributed by atoms with Gasteiger partial charge in [-0.1, -0.05) is 13.3 Å². The van der Waals surface area contributed by atoms with E-state index in [1.807, 2.05) is 25.4 Å². The molecule has 94 valence electrons. The van der Waals surface area contributed by atoms with Crippen molar-refractivity contribution in [1.29, 1.82) is 0 Å². The highest BCUT2D eigenvalue weighted by atomic mass is 16.5. The van der Waals surface area contributed by atoms with Crippen LogP contribution in [-0.2, 0) is 6.54 Å². The normalized spacial score (nSPS) is 24.6. The van der Waals surface area contributed by atoms with Gasteiger partial charge in [-0.3, -0.25) is 4.98 Å². The van der Waals surface area contributed by atoms with E-state index >= 15 is 0 Å². The summed E-state index contributed by atoms with van der Waals surface area (Å²) in [4.78, 5) is 4.37. The number of pyridine rings is 1. The third kappa shape index (κ3) is 3.70. The second kappa shape index (κ2) is 6.01. The average Bonchev–Trinajstić information content (AvgIpc) is 2.32. The fourth-order valence-corrected chi connectivity index (χ4v) is 2.44. The molecule has 3 heteroatoms. The third-order valence-corrected chi connectivity index (χ3v) is 3.35. The summed E-state index contributed by atoms with van der Waals surface area (Å²) >= 11 is 0. The molecule has 1 aromatic rings. The fourth-order valence-electron chi connectivity index (χ4n) is 2.44. The monoisotopic (exact) mass is 234 g/mol. The number of rotatable bonds is 4. The van der Waals surface area contributed by atoms with E-state index in [-0.39, 0.29) is 0 Å². The van der Waals surface area contributed by atoms with Crippen molar-refractivity contribution in [2.45, 2.75) is 45.3 Å². The molecule has 1 aliphatic rings. The highest BCUT2D eigenvalue weighted by Crippen LogP contribution is 2.27. The molecular formula is C14H22N2O. The van der Waals surface area contributed by atoms with E-state index in [0.29, 0.717) is 6.10 Å². The molecule has 0 bridgehead atoms. The van der Waals surface area contributed by atoms with Gasteiger partial charge in [0.2, 0.25) is 0 Å². The Hall–Kier alpha value is -1.09. The van der Waals surface area contributed by atoms with Gasteiger partial charge in [-0.05, 0) is 44.4 Å². The summed E-state index contributed by atoms with van der Waals surface area (Å²) in [5, 5.41) is 3.09. The SMILES string of the molecule is CNCc1ccc(OC2CCCC(C)C2)cn1. The number of aromatic nitrogens is 1. The maximum absolute atomic E-state index is 5.98. The summed E-state index contributed by atoms with van der Waals surface area (Å²) in [6.45, 7) is 3.12. The minimum atomic E-state index is 0.385. The third-order valence-electron chi connectivity index (χ3n) is 3.35. The van der Waals surface area contributed by atoms with Gasteiger partial charge >= 0.3 is 0 Å². The highest BCUT2D eigenvalue weighted by molar-refractivity contribution is 5.20. The summed E-state index contributed by atoms with van der Waals surface area (Å²) in [7, 11) is 1.93. The molecule has 2 unspecified atom stereocenters. The van der Waals surface area contributed by atoms with Crippen molar-refractivity contribution < 1.29 is 4.74 Å². The standard InChI is InChI=1S/C14H22N2O/c1-11-4-3-5-13(8-11)17-14-7-6-12(9-15-2)16-10-14/h6-7,10-11,13,15H,3-5,8-9H2,1-2H3. The molecular weight excluding hydrogens is 212 g/mol. The largest absolute Gasteiger partial charge is 0.489 e. The summed E-state index contributed by atoms with van der Waals surface area (Å²) in [6.07, 6.45) is 7.22. The number of nitrogens with zero attached hydrogens (tertiary/aromatic N) is 1. The van der Waals surface area contributed by atoms with Crippen LogP contribution in [0.2, 0.25) is 0 Å². The predicted octanol–water partition coefficient (Wildman–Crippen LogP) is 2.76. The van der Waals surface area contributed by atoms with Crippen molar-refractivity contribution in [2.75, 3.05) is 7.05 Å². The summed E-state index contributed by atoms with van der Waals surface area (Å²) in [5.74, 6) is 1.70. The topological polar surface area (TPSA) is 34.1 Å². The summed E-state index contributed by atoms with van der Waals surface area (Å²) < 4.78 is 5.98. The van der Waals surface area contributed by atoms with E-state index < -0.39 is 0 Å². The molecule has 2 atom stereocenters. The molecule has 0 aliphatic heterocycles. The van der Waals surface area contributed by atoms with Gasteiger partial charge in [0.15, 0.2) is 0 Å². The van der Waals surface area contributed by atoms with E-state index in [0.717, 1.165) is 23.9 Å². The lowest BCUT2D eigenvalue weighted by molar-refractivity contribution is 0.128. The lowest BCUT2D eigenvalue weighted by Crippen LogP contribution is -2.24. The van der Waals surface area contributed by atoms with Crippen molar-refractivity contribution in [3.63, 3.8) is 0 Å². The summed E-state index contributed by atoms with van der Waals surface area (Å²) in [5.41, 5.74) is 1.05. The predicted molar refractivity (Wildman–Crippen MR) is 69.0 cm³/mol. The minimum absolute atomic E-state index is 0.385. The van der Waals surface area contributed by atoms with Crippen LogP contribution in [-0.4, -0.2) is 18.1 Å². The molecule has 3 nitrogen and oxygen atoms in total. The Morgan fingerprint density at radius 2 is 2.29 bits per heavy atom. The maximum atomic E-state index is 5.98. The molecule has 1 aromatic heterocycles. The van der Waals surface area contributed by atoms with Crippen molar-refractivity contribution in [2.24, 2.45) is 5.92 Å². The maximum Gasteiger partial charge on any atom is 0.138 e. The Balaban J connectivity index is 1.89. The van der Waals surface area contributed by atoms with Gasteiger partial charge in [-0.15, -0.1) is 0 Å². The van der Waals surface area contributed by atoms with Crippen molar-refractivity contribution >= 4 is 0 Å². The van der Waals surface area contributed by atoms with Crippen LogP contribution >= 0.6 is 0 Å². The number of hydrogen-bond donors (Lipinski definition) is 1. The molecule has 1 aliphatic carbocycles. The Kier molecular flexibility index (Phi) is 4.37. The molecule has 0 radical (unpaired) electrons. The number of ether oxygens (including phenoxy) is 1. The van der Waals surface area contributed by atoms with Gasteiger partial charge in [0.1, 0.15) is 5.75 Å². The van der Waals surface area contributed by atoms with Crippen LogP contribution in [0.1, 0.15) is 38.3 Å². The molecule has 1 saturated carbocycles. The number of nitrogens with one attached hydrogen (secondary N) is 1. The zero-order chi connectivity index (χ0) is 12.1. The van der Waals surface area contributed by atoms with E-state index in [1.54, 1.807) is 0 Å². The van der Waals surface area contributed by atoms with E-state index in [9.17, 15) is 0 Å². The van der Waals surface area contributed by atoms with Crippen LogP contribution in [0.3, 0.4) is 0 Å². The zero-order valence-corrected chi connectivity index (χ0v) is 10.8. The summed E-state index contributed by atoms with van der Waals surface area (Å²) in [6, 6.07) is 4.05. The molecule has 0 saturated heterocycles. The molecule has 0 aromatic carbocycles. The van der Waals surface area contributed by atoms with Gasteiger partial charge in [0.25, 0.3) is 0 Å². The van der Waals surface area contributed by atoms with Crippen molar-refractivity contribution in [1.82, 2.24) is 10.3 Å². The van der Waals surface area contributed by atoms with Crippen LogP contribution in [0.15, 0.2) is 18.3 Å². The van der Waals surface area contributed by atoms with Crippen LogP contribution in [0.5, 0.6) is 5.75 Å². The van der Waals surface area contributed by atoms with E-state index in [2.05, 4.69) is 17.2 Å². The first-order valence-corrected chi connectivity index (χ1v) is 6.54. The van der Waals surface area contributed by atoms with Gasteiger partial charge in [-0.2, -0.15) is 0 Å². The zero-order valence-electron chi connectivity index (χ0n) is 10.8. The molecule has 0 amide bonds. The van der Waals surface area contributed by atoms with Gasteiger partial charge in [0, 0.05) is 6.54 Å². The highest BCUT2D eigenvalue weighted by Gasteiger charge is 2.20.